The Morgan fingerprint density at radius 1 is 1.06 bits per heavy atom. The molecule has 7 heteroatoms. The first-order chi connectivity index (χ1) is 15.8. The molecule has 0 saturated carbocycles. The normalized spacial score (nSPS) is 13.2. The van der Waals surface area contributed by atoms with Gasteiger partial charge in [0.1, 0.15) is 21.4 Å². The summed E-state index contributed by atoms with van der Waals surface area (Å²) in [6.07, 6.45) is 7.98. The van der Waals surface area contributed by atoms with Gasteiger partial charge in [0.15, 0.2) is 0 Å². The van der Waals surface area contributed by atoms with Crippen molar-refractivity contribution < 1.29 is 9.21 Å². The number of thioether (sulfide) groups is 1. The molecule has 0 aliphatic heterocycles. The maximum Gasteiger partial charge on any atom is 0.230 e. The number of nitrogens with zero attached hydrogens (tertiary/aromatic N) is 2. The minimum Gasteiger partial charge on any atom is -0.467 e. The predicted molar refractivity (Wildman–Crippen MR) is 129 cm³/mol. The van der Waals surface area contributed by atoms with Crippen molar-refractivity contribution in [2.75, 3.05) is 5.75 Å². The van der Waals surface area contributed by atoms with E-state index in [1.54, 1.807) is 6.26 Å². The number of hydrogen-bond acceptors (Lipinski definition) is 6. The molecule has 32 heavy (non-hydrogen) atoms. The van der Waals surface area contributed by atoms with Crippen LogP contribution in [0.5, 0.6) is 0 Å². The molecule has 0 atom stereocenters. The molecule has 5 rings (SSSR count). The molecule has 164 valence electrons. The lowest BCUT2D eigenvalue weighted by Gasteiger charge is -2.12. The van der Waals surface area contributed by atoms with Crippen LogP contribution >= 0.6 is 23.1 Å². The number of hydrogen-bond donors (Lipinski definition) is 1. The fourth-order valence-electron chi connectivity index (χ4n) is 4.07. The van der Waals surface area contributed by atoms with Gasteiger partial charge in [-0.05, 0) is 55.4 Å². The Morgan fingerprint density at radius 3 is 2.78 bits per heavy atom. The van der Waals surface area contributed by atoms with Crippen molar-refractivity contribution >= 4 is 39.2 Å². The Balaban J connectivity index is 1.36. The minimum atomic E-state index is -0.0203. The van der Waals surface area contributed by atoms with E-state index >= 15 is 0 Å². The van der Waals surface area contributed by atoms with Gasteiger partial charge in [0.25, 0.3) is 0 Å². The fourth-order valence-corrected chi connectivity index (χ4v) is 6.32. The van der Waals surface area contributed by atoms with Crippen LogP contribution in [0.4, 0.5) is 0 Å². The second-order valence-electron chi connectivity index (χ2n) is 7.97. The lowest BCUT2D eigenvalue weighted by Crippen LogP contribution is -2.24. The molecule has 1 aromatic carbocycles. The molecule has 0 spiro atoms. The van der Waals surface area contributed by atoms with Gasteiger partial charge in [0.05, 0.1) is 18.6 Å². The van der Waals surface area contributed by atoms with Crippen LogP contribution < -0.4 is 5.32 Å². The standard InChI is InChI=1S/C25H25N3O2S2/c29-22(26-15-18-9-6-14-30-18)16-31-24-23-19-10-4-5-11-20(19)32-25(23)28-21(27-24)13-12-17-7-2-1-3-8-17/h1-3,6-9,14H,4-5,10-13,15-16H2,(H,26,29). The van der Waals surface area contributed by atoms with E-state index in [0.717, 1.165) is 47.1 Å². The first-order valence-corrected chi connectivity index (χ1v) is 12.8. The minimum absolute atomic E-state index is 0.0203. The number of carbonyl (C=O) groups is 1. The summed E-state index contributed by atoms with van der Waals surface area (Å²) in [5, 5.41) is 5.05. The van der Waals surface area contributed by atoms with Gasteiger partial charge < -0.3 is 9.73 Å². The summed E-state index contributed by atoms with van der Waals surface area (Å²) in [5.41, 5.74) is 2.69. The average molecular weight is 464 g/mol. The zero-order chi connectivity index (χ0) is 21.8. The molecule has 1 aliphatic rings. The molecule has 0 saturated heterocycles. The Morgan fingerprint density at radius 2 is 1.94 bits per heavy atom. The van der Waals surface area contributed by atoms with E-state index in [2.05, 4.69) is 29.6 Å². The summed E-state index contributed by atoms with van der Waals surface area (Å²) in [6, 6.07) is 14.1. The summed E-state index contributed by atoms with van der Waals surface area (Å²) in [6.45, 7) is 0.405. The van der Waals surface area contributed by atoms with Crippen LogP contribution in [0.25, 0.3) is 10.2 Å². The van der Waals surface area contributed by atoms with Gasteiger partial charge in [-0.15, -0.1) is 11.3 Å². The molecule has 0 radical (unpaired) electrons. The predicted octanol–water partition coefficient (Wildman–Crippen LogP) is 5.36. The second kappa shape index (κ2) is 9.88. The quantitative estimate of drug-likeness (QED) is 0.282. The summed E-state index contributed by atoms with van der Waals surface area (Å²) in [5.74, 6) is 1.92. The van der Waals surface area contributed by atoms with Gasteiger partial charge in [-0.1, -0.05) is 42.1 Å². The van der Waals surface area contributed by atoms with Crippen molar-refractivity contribution in [3.63, 3.8) is 0 Å². The zero-order valence-corrected chi connectivity index (χ0v) is 19.4. The summed E-state index contributed by atoms with van der Waals surface area (Å²) in [4.78, 5) is 24.9. The van der Waals surface area contributed by atoms with Gasteiger partial charge in [-0.2, -0.15) is 0 Å². The van der Waals surface area contributed by atoms with E-state index in [1.165, 1.54) is 46.0 Å². The Kier molecular flexibility index (Phi) is 6.55. The molecule has 1 N–H and O–H groups in total. The van der Waals surface area contributed by atoms with Crippen LogP contribution in [0.15, 0.2) is 58.2 Å². The number of rotatable bonds is 8. The van der Waals surface area contributed by atoms with Gasteiger partial charge in [-0.3, -0.25) is 4.79 Å². The molecular weight excluding hydrogens is 438 g/mol. The van der Waals surface area contributed by atoms with Gasteiger partial charge in [-0.25, -0.2) is 9.97 Å². The van der Waals surface area contributed by atoms with Crippen LogP contribution in [0, 0.1) is 0 Å². The molecular formula is C25H25N3O2S2. The zero-order valence-electron chi connectivity index (χ0n) is 17.8. The Labute approximate surface area is 195 Å². The number of nitrogens with one attached hydrogen (secondary N) is 1. The molecule has 1 amide bonds. The molecule has 3 aromatic heterocycles. The molecule has 1 aliphatic carbocycles. The van der Waals surface area contributed by atoms with E-state index in [-0.39, 0.29) is 5.91 Å². The van der Waals surface area contributed by atoms with Crippen LogP contribution in [0.1, 0.15) is 40.4 Å². The van der Waals surface area contributed by atoms with Crippen LogP contribution in [-0.2, 0) is 37.0 Å². The molecule has 3 heterocycles. The smallest absolute Gasteiger partial charge is 0.230 e. The Hall–Kier alpha value is -2.64. The number of aryl methyl sites for hydroxylation is 4. The highest BCUT2D eigenvalue weighted by Crippen LogP contribution is 2.39. The first kappa shape index (κ1) is 21.2. The van der Waals surface area contributed by atoms with E-state index in [4.69, 9.17) is 14.4 Å². The first-order valence-electron chi connectivity index (χ1n) is 11.0. The van der Waals surface area contributed by atoms with E-state index in [0.29, 0.717) is 12.3 Å². The van der Waals surface area contributed by atoms with Crippen LogP contribution in [-0.4, -0.2) is 21.6 Å². The molecule has 0 fully saturated rings. The topological polar surface area (TPSA) is 68.0 Å². The third-order valence-corrected chi connectivity index (χ3v) is 7.85. The average Bonchev–Trinajstić information content (AvgIpc) is 3.48. The molecule has 0 bridgehead atoms. The molecule has 0 unspecified atom stereocenters. The van der Waals surface area contributed by atoms with Crippen LogP contribution in [0.2, 0.25) is 0 Å². The van der Waals surface area contributed by atoms with Crippen molar-refractivity contribution in [3.05, 3.63) is 76.3 Å². The summed E-state index contributed by atoms with van der Waals surface area (Å²) < 4.78 is 5.29. The van der Waals surface area contributed by atoms with E-state index in [9.17, 15) is 4.79 Å². The fraction of sp³-hybridized carbons (Fsp3) is 0.320. The van der Waals surface area contributed by atoms with Gasteiger partial charge in [0.2, 0.25) is 5.91 Å². The van der Waals surface area contributed by atoms with Crippen molar-refractivity contribution in [2.45, 2.75) is 50.1 Å². The highest BCUT2D eigenvalue weighted by Gasteiger charge is 2.22. The highest BCUT2D eigenvalue weighted by molar-refractivity contribution is 8.00. The monoisotopic (exact) mass is 463 g/mol. The number of benzene rings is 1. The number of carbonyl (C=O) groups excluding carboxylic acids is 1. The third kappa shape index (κ3) is 4.89. The number of thiophene rings is 1. The van der Waals surface area contributed by atoms with E-state index in [1.807, 2.05) is 29.5 Å². The number of aromatic nitrogens is 2. The maximum atomic E-state index is 12.5. The number of fused-ring (bicyclic) bond motifs is 3. The summed E-state index contributed by atoms with van der Waals surface area (Å²) in [7, 11) is 0. The molecule has 4 aromatic rings. The van der Waals surface area contributed by atoms with Gasteiger partial charge in [0, 0.05) is 16.7 Å². The largest absolute Gasteiger partial charge is 0.467 e. The third-order valence-electron chi connectivity index (χ3n) is 5.69. The lowest BCUT2D eigenvalue weighted by atomic mass is 9.97. The van der Waals surface area contributed by atoms with E-state index < -0.39 is 0 Å². The maximum absolute atomic E-state index is 12.5. The number of amides is 1. The van der Waals surface area contributed by atoms with Crippen molar-refractivity contribution in [1.82, 2.24) is 15.3 Å². The van der Waals surface area contributed by atoms with Gasteiger partial charge >= 0.3 is 0 Å². The molecule has 5 nitrogen and oxygen atoms in total. The van der Waals surface area contributed by atoms with Crippen molar-refractivity contribution in [3.8, 4) is 0 Å². The summed E-state index contributed by atoms with van der Waals surface area (Å²) >= 11 is 3.34. The lowest BCUT2D eigenvalue weighted by molar-refractivity contribution is -0.118. The number of furan rings is 1. The highest BCUT2D eigenvalue weighted by atomic mass is 32.2. The SMILES string of the molecule is O=C(CSc1nc(CCc2ccccc2)nc2sc3c(c12)CCCC3)NCc1ccco1. The second-order valence-corrected chi connectivity index (χ2v) is 10.0. The van der Waals surface area contributed by atoms with Crippen LogP contribution in [0.3, 0.4) is 0 Å². The Bertz CT molecular complexity index is 1200. The van der Waals surface area contributed by atoms with Crippen molar-refractivity contribution in [2.24, 2.45) is 0 Å². The van der Waals surface area contributed by atoms with Crippen molar-refractivity contribution in [1.29, 1.82) is 0 Å².